The predicted octanol–water partition coefficient (Wildman–Crippen LogP) is 3.01. The Morgan fingerprint density at radius 2 is 2.26 bits per heavy atom. The summed E-state index contributed by atoms with van der Waals surface area (Å²) in [5.41, 5.74) is 2.07. The molecule has 4 rings (SSSR count). The Bertz CT molecular complexity index is 662. The minimum Gasteiger partial charge on any atom is -0.381 e. The maximum absolute atomic E-state index is 5.69. The number of hydrogen-bond donors (Lipinski definition) is 0. The molecule has 2 saturated heterocycles. The van der Waals surface area contributed by atoms with E-state index in [1.54, 1.807) is 0 Å². The summed E-state index contributed by atoms with van der Waals surface area (Å²) < 4.78 is 8.07. The molecule has 5 heteroatoms. The van der Waals surface area contributed by atoms with Crippen LogP contribution in [0, 0.1) is 5.92 Å². The number of fused-ring (bicyclic) bond motifs is 1. The molecule has 0 spiro atoms. The van der Waals surface area contributed by atoms with E-state index in [2.05, 4.69) is 27.4 Å². The Morgan fingerprint density at radius 3 is 3.09 bits per heavy atom. The van der Waals surface area contributed by atoms with Crippen molar-refractivity contribution in [2.24, 2.45) is 5.92 Å². The lowest BCUT2D eigenvalue weighted by Gasteiger charge is -2.26. The third kappa shape index (κ3) is 2.88. The molecule has 5 nitrogen and oxygen atoms in total. The van der Waals surface area contributed by atoms with Gasteiger partial charge in [0, 0.05) is 25.3 Å². The van der Waals surface area contributed by atoms with Crippen LogP contribution in [-0.2, 0) is 11.3 Å². The van der Waals surface area contributed by atoms with Gasteiger partial charge in [0.25, 0.3) is 0 Å². The van der Waals surface area contributed by atoms with Crippen molar-refractivity contribution in [3.63, 3.8) is 0 Å². The fourth-order valence-corrected chi connectivity index (χ4v) is 4.12. The Labute approximate surface area is 137 Å². The minimum absolute atomic E-state index is 0.443. The Hall–Kier alpha value is -1.46. The Morgan fingerprint density at radius 1 is 1.30 bits per heavy atom. The number of likely N-dealkylation sites (tertiary alicyclic amines) is 1. The van der Waals surface area contributed by atoms with Gasteiger partial charge in [-0.15, -0.1) is 0 Å². The van der Waals surface area contributed by atoms with Crippen LogP contribution in [0.1, 0.15) is 44.5 Å². The van der Waals surface area contributed by atoms with Crippen LogP contribution in [0.4, 0.5) is 0 Å². The molecule has 2 fully saturated rings. The molecule has 4 heterocycles. The van der Waals surface area contributed by atoms with E-state index >= 15 is 0 Å². The lowest BCUT2D eigenvalue weighted by Crippen LogP contribution is -2.28. The van der Waals surface area contributed by atoms with Crippen LogP contribution in [0.5, 0.6) is 0 Å². The van der Waals surface area contributed by atoms with Gasteiger partial charge in [-0.25, -0.2) is 9.97 Å². The summed E-state index contributed by atoms with van der Waals surface area (Å²) in [6, 6.07) is 4.52. The molecule has 0 saturated carbocycles. The lowest BCUT2D eigenvalue weighted by atomic mass is 10.0. The van der Waals surface area contributed by atoms with E-state index in [1.165, 1.54) is 38.1 Å². The topological polar surface area (TPSA) is 43.2 Å². The molecule has 2 aromatic rings. The van der Waals surface area contributed by atoms with E-state index in [0.29, 0.717) is 12.0 Å². The van der Waals surface area contributed by atoms with Crippen molar-refractivity contribution in [2.45, 2.75) is 45.2 Å². The fraction of sp³-hybridized carbons (Fsp3) is 0.667. The monoisotopic (exact) mass is 314 g/mol. The smallest absolute Gasteiger partial charge is 0.160 e. The van der Waals surface area contributed by atoms with Gasteiger partial charge in [-0.2, -0.15) is 0 Å². The van der Waals surface area contributed by atoms with Crippen molar-refractivity contribution in [3.05, 3.63) is 24.2 Å². The first-order chi connectivity index (χ1) is 11.4. The Balaban J connectivity index is 1.71. The van der Waals surface area contributed by atoms with Crippen LogP contribution in [0.2, 0.25) is 0 Å². The van der Waals surface area contributed by atoms with Crippen molar-refractivity contribution < 1.29 is 4.74 Å². The number of ether oxygens (including phenoxy) is 1. The molecule has 124 valence electrons. The van der Waals surface area contributed by atoms with E-state index in [-0.39, 0.29) is 0 Å². The molecule has 0 aromatic carbocycles. The second kappa shape index (κ2) is 6.57. The second-order valence-corrected chi connectivity index (χ2v) is 6.80. The highest BCUT2D eigenvalue weighted by Gasteiger charge is 2.30. The number of pyridine rings is 1. The molecule has 2 aromatic heterocycles. The molecular weight excluding hydrogens is 288 g/mol. The summed E-state index contributed by atoms with van der Waals surface area (Å²) >= 11 is 0. The Kier molecular flexibility index (Phi) is 4.31. The van der Waals surface area contributed by atoms with E-state index in [9.17, 15) is 0 Å². The summed E-state index contributed by atoms with van der Waals surface area (Å²) in [7, 11) is 0. The largest absolute Gasteiger partial charge is 0.381 e. The van der Waals surface area contributed by atoms with Crippen LogP contribution in [0.3, 0.4) is 0 Å². The van der Waals surface area contributed by atoms with Crippen LogP contribution < -0.4 is 0 Å². The molecule has 0 aliphatic carbocycles. The summed E-state index contributed by atoms with van der Waals surface area (Å²) in [6.45, 7) is 7.29. The summed E-state index contributed by atoms with van der Waals surface area (Å²) in [5, 5.41) is 0. The molecule has 2 unspecified atom stereocenters. The maximum atomic E-state index is 5.69. The molecular formula is C18H26N4O. The molecule has 0 bridgehead atoms. The molecule has 0 N–H and O–H groups in total. The van der Waals surface area contributed by atoms with Gasteiger partial charge in [-0.3, -0.25) is 4.90 Å². The molecule has 0 radical (unpaired) electrons. The first-order valence-electron chi connectivity index (χ1n) is 8.99. The van der Waals surface area contributed by atoms with E-state index in [4.69, 9.17) is 9.72 Å². The van der Waals surface area contributed by atoms with Crippen molar-refractivity contribution in [2.75, 3.05) is 26.3 Å². The van der Waals surface area contributed by atoms with Gasteiger partial charge in [-0.05, 0) is 50.9 Å². The molecule has 23 heavy (non-hydrogen) atoms. The van der Waals surface area contributed by atoms with Crippen molar-refractivity contribution in [3.8, 4) is 0 Å². The molecule has 2 aliphatic heterocycles. The van der Waals surface area contributed by atoms with Gasteiger partial charge in [0.15, 0.2) is 5.65 Å². The summed E-state index contributed by atoms with van der Waals surface area (Å²) in [6.07, 6.45) is 6.77. The van der Waals surface area contributed by atoms with Crippen LogP contribution >= 0.6 is 0 Å². The fourth-order valence-electron chi connectivity index (χ4n) is 4.12. The van der Waals surface area contributed by atoms with Gasteiger partial charge in [-0.1, -0.05) is 6.92 Å². The van der Waals surface area contributed by atoms with Crippen molar-refractivity contribution >= 4 is 11.2 Å². The van der Waals surface area contributed by atoms with Gasteiger partial charge in [0.2, 0.25) is 0 Å². The zero-order valence-electron chi connectivity index (χ0n) is 13.9. The van der Waals surface area contributed by atoms with Crippen LogP contribution in [-0.4, -0.2) is 45.7 Å². The summed E-state index contributed by atoms with van der Waals surface area (Å²) in [5.74, 6) is 1.79. The number of imidazole rings is 1. The number of hydrogen-bond acceptors (Lipinski definition) is 4. The minimum atomic E-state index is 0.443. The molecule has 2 aliphatic rings. The average Bonchev–Trinajstić information content (AvgIpc) is 3.20. The lowest BCUT2D eigenvalue weighted by molar-refractivity contribution is 0.0480. The van der Waals surface area contributed by atoms with Gasteiger partial charge in [0.05, 0.1) is 12.6 Å². The predicted molar refractivity (Wildman–Crippen MR) is 90.3 cm³/mol. The zero-order chi connectivity index (χ0) is 15.6. The second-order valence-electron chi connectivity index (χ2n) is 6.80. The molecule has 0 amide bonds. The van der Waals surface area contributed by atoms with Crippen LogP contribution in [0.15, 0.2) is 18.3 Å². The highest BCUT2D eigenvalue weighted by molar-refractivity contribution is 5.71. The first kappa shape index (κ1) is 15.1. The first-order valence-corrected chi connectivity index (χ1v) is 8.99. The zero-order valence-corrected chi connectivity index (χ0v) is 13.9. The van der Waals surface area contributed by atoms with Gasteiger partial charge >= 0.3 is 0 Å². The van der Waals surface area contributed by atoms with Crippen molar-refractivity contribution in [1.82, 2.24) is 19.4 Å². The average molecular weight is 314 g/mol. The third-order valence-corrected chi connectivity index (χ3v) is 5.30. The van der Waals surface area contributed by atoms with Gasteiger partial charge in [0.1, 0.15) is 11.3 Å². The SMILES string of the molecule is CCN1CCCC1c1nc2cccnc2n1CC1CCCOC1. The maximum Gasteiger partial charge on any atom is 0.160 e. The quantitative estimate of drug-likeness (QED) is 0.870. The van der Waals surface area contributed by atoms with Crippen molar-refractivity contribution in [1.29, 1.82) is 0 Å². The van der Waals surface area contributed by atoms with E-state index in [1.807, 2.05) is 12.3 Å². The standard InChI is InChI=1S/C18H26N4O/c1-2-21-10-4-8-16(21)18-20-15-7-3-9-19-17(15)22(18)12-14-6-5-11-23-13-14/h3,7,9,14,16H,2,4-6,8,10-13H2,1H3. The van der Waals surface area contributed by atoms with Gasteiger partial charge < -0.3 is 9.30 Å². The molecule has 2 atom stereocenters. The highest BCUT2D eigenvalue weighted by Crippen LogP contribution is 2.33. The normalized spacial score (nSPS) is 26.1. The van der Waals surface area contributed by atoms with E-state index < -0.39 is 0 Å². The number of aromatic nitrogens is 3. The van der Waals surface area contributed by atoms with Crippen LogP contribution in [0.25, 0.3) is 11.2 Å². The highest BCUT2D eigenvalue weighted by atomic mass is 16.5. The summed E-state index contributed by atoms with van der Waals surface area (Å²) in [4.78, 5) is 12.2. The third-order valence-electron chi connectivity index (χ3n) is 5.30. The van der Waals surface area contributed by atoms with E-state index in [0.717, 1.165) is 37.5 Å². The number of rotatable bonds is 4. The number of nitrogens with zero attached hydrogens (tertiary/aromatic N) is 4.